The summed E-state index contributed by atoms with van der Waals surface area (Å²) >= 11 is 0. The minimum Gasteiger partial charge on any atom is -0.496 e. The third-order valence-electron chi connectivity index (χ3n) is 7.71. The molecule has 45 heavy (non-hydrogen) atoms. The number of carboxylic acid groups (broad SMARTS) is 1. The number of carbonyl (C=O) groups excluding carboxylic acids is 3. The Morgan fingerprint density at radius 2 is 1.67 bits per heavy atom. The summed E-state index contributed by atoms with van der Waals surface area (Å²) in [6.45, 7) is 5.13. The number of nitrogens with one attached hydrogen (secondary N) is 3. The number of piperidine rings is 1. The van der Waals surface area contributed by atoms with Crippen molar-refractivity contribution < 1.29 is 37.4 Å². The van der Waals surface area contributed by atoms with Crippen LogP contribution in [0, 0.1) is 32.1 Å². The van der Waals surface area contributed by atoms with Gasteiger partial charge in [0.1, 0.15) is 24.4 Å². The Morgan fingerprint density at radius 1 is 1.02 bits per heavy atom. The summed E-state index contributed by atoms with van der Waals surface area (Å²) in [6, 6.07) is 7.28. The molecule has 0 radical (unpaired) electrons. The van der Waals surface area contributed by atoms with E-state index in [1.165, 1.54) is 7.11 Å². The van der Waals surface area contributed by atoms with E-state index in [9.17, 15) is 27.6 Å². The highest BCUT2D eigenvalue weighted by Gasteiger charge is 2.34. The predicted molar refractivity (Wildman–Crippen MR) is 164 cm³/mol. The SMILES string of the molecule is COc1cc(C)c(S(=O)(=O)NC(CC(=O)NCC(=O)O)C(=O)NC(Cc2ccc(C#N)cc2)C(=O)N2CCCCC2)c(C)c1C. The maximum absolute atomic E-state index is 13.8. The van der Waals surface area contributed by atoms with Crippen LogP contribution in [0.25, 0.3) is 0 Å². The monoisotopic (exact) mass is 641 g/mol. The van der Waals surface area contributed by atoms with Crippen LogP contribution in [-0.4, -0.2) is 80.9 Å². The number of carbonyl (C=O) groups is 4. The molecule has 0 aromatic heterocycles. The fourth-order valence-electron chi connectivity index (χ4n) is 5.27. The molecule has 1 heterocycles. The van der Waals surface area contributed by atoms with Crippen LogP contribution in [0.2, 0.25) is 0 Å². The molecular weight excluding hydrogens is 602 g/mol. The molecule has 13 nitrogen and oxygen atoms in total. The van der Waals surface area contributed by atoms with E-state index in [1.807, 2.05) is 6.07 Å². The van der Waals surface area contributed by atoms with E-state index in [-0.39, 0.29) is 17.2 Å². The Bertz CT molecular complexity index is 1580. The molecule has 3 amide bonds. The molecule has 2 atom stereocenters. The van der Waals surface area contributed by atoms with Gasteiger partial charge in [-0.1, -0.05) is 12.1 Å². The van der Waals surface area contributed by atoms with Gasteiger partial charge in [0.05, 0.1) is 30.1 Å². The van der Waals surface area contributed by atoms with Crippen LogP contribution in [0.1, 0.15) is 53.5 Å². The van der Waals surface area contributed by atoms with Gasteiger partial charge in [-0.15, -0.1) is 0 Å². The van der Waals surface area contributed by atoms with Gasteiger partial charge in [0.15, 0.2) is 0 Å². The van der Waals surface area contributed by atoms with Crippen molar-refractivity contribution >= 4 is 33.7 Å². The molecule has 1 aliphatic heterocycles. The van der Waals surface area contributed by atoms with Crippen LogP contribution in [0.5, 0.6) is 5.75 Å². The number of hydrogen-bond acceptors (Lipinski definition) is 8. The van der Waals surface area contributed by atoms with Crippen LogP contribution in [0.4, 0.5) is 0 Å². The highest BCUT2D eigenvalue weighted by molar-refractivity contribution is 7.89. The van der Waals surface area contributed by atoms with Crippen molar-refractivity contribution in [1.29, 1.82) is 5.26 Å². The van der Waals surface area contributed by atoms with Gasteiger partial charge in [-0.25, -0.2) is 8.42 Å². The van der Waals surface area contributed by atoms with Gasteiger partial charge >= 0.3 is 5.97 Å². The third-order valence-corrected chi connectivity index (χ3v) is 9.47. The Hall–Kier alpha value is -4.48. The largest absolute Gasteiger partial charge is 0.496 e. The molecular formula is C31H39N5O8S. The zero-order valence-corrected chi connectivity index (χ0v) is 26.6. The zero-order chi connectivity index (χ0) is 33.3. The number of rotatable bonds is 13. The molecule has 0 saturated carbocycles. The summed E-state index contributed by atoms with van der Waals surface area (Å²) < 4.78 is 35.2. The second kappa shape index (κ2) is 15.5. The first-order chi connectivity index (χ1) is 21.3. The van der Waals surface area contributed by atoms with Crippen molar-refractivity contribution in [3.05, 3.63) is 58.1 Å². The molecule has 0 aliphatic carbocycles. The van der Waals surface area contributed by atoms with E-state index in [0.717, 1.165) is 19.3 Å². The molecule has 4 N–H and O–H groups in total. The van der Waals surface area contributed by atoms with E-state index in [1.54, 1.807) is 56.0 Å². The first-order valence-corrected chi connectivity index (χ1v) is 16.0. The van der Waals surface area contributed by atoms with E-state index in [4.69, 9.17) is 15.1 Å². The van der Waals surface area contributed by atoms with Crippen LogP contribution in [0.15, 0.2) is 35.2 Å². The Morgan fingerprint density at radius 3 is 2.24 bits per heavy atom. The summed E-state index contributed by atoms with van der Waals surface area (Å²) in [5.74, 6) is -3.02. The van der Waals surface area contributed by atoms with Gasteiger partial charge < -0.3 is 25.4 Å². The lowest BCUT2D eigenvalue weighted by Crippen LogP contribution is -2.56. The maximum atomic E-state index is 13.8. The van der Waals surface area contributed by atoms with Crippen molar-refractivity contribution in [2.24, 2.45) is 0 Å². The number of nitrogens with zero attached hydrogens (tertiary/aromatic N) is 2. The lowest BCUT2D eigenvalue weighted by Gasteiger charge is -2.31. The minimum atomic E-state index is -4.42. The Labute approximate surface area is 263 Å². The number of ether oxygens (including phenoxy) is 1. The van der Waals surface area contributed by atoms with Crippen molar-refractivity contribution in [2.75, 3.05) is 26.7 Å². The molecule has 2 unspecified atom stereocenters. The first kappa shape index (κ1) is 35.0. The van der Waals surface area contributed by atoms with Crippen LogP contribution >= 0.6 is 0 Å². The predicted octanol–water partition coefficient (Wildman–Crippen LogP) is 1.47. The number of likely N-dealkylation sites (tertiary alicyclic amines) is 1. The molecule has 1 fully saturated rings. The lowest BCUT2D eigenvalue weighted by atomic mass is 10.0. The number of aliphatic carboxylic acids is 1. The normalized spacial score (nSPS) is 14.5. The number of nitriles is 1. The van der Waals surface area contributed by atoms with Crippen molar-refractivity contribution in [3.8, 4) is 11.8 Å². The van der Waals surface area contributed by atoms with Gasteiger partial charge in [-0.3, -0.25) is 19.2 Å². The van der Waals surface area contributed by atoms with E-state index < -0.39 is 52.9 Å². The van der Waals surface area contributed by atoms with Crippen LogP contribution in [0.3, 0.4) is 0 Å². The summed E-state index contributed by atoms with van der Waals surface area (Å²) in [7, 11) is -2.96. The summed E-state index contributed by atoms with van der Waals surface area (Å²) in [4.78, 5) is 52.6. The maximum Gasteiger partial charge on any atom is 0.322 e. The number of sulfonamides is 1. The highest BCUT2D eigenvalue weighted by Crippen LogP contribution is 2.30. The average molecular weight is 642 g/mol. The third kappa shape index (κ3) is 9.26. The molecule has 1 aliphatic rings. The Kier molecular flexibility index (Phi) is 12.1. The fraction of sp³-hybridized carbons (Fsp3) is 0.452. The smallest absolute Gasteiger partial charge is 0.322 e. The van der Waals surface area contributed by atoms with E-state index in [0.29, 0.717) is 46.7 Å². The molecule has 3 rings (SSSR count). The van der Waals surface area contributed by atoms with E-state index >= 15 is 0 Å². The topological polar surface area (TPSA) is 195 Å². The second-order valence-corrected chi connectivity index (χ2v) is 12.6. The van der Waals surface area contributed by atoms with Crippen molar-refractivity contribution in [1.82, 2.24) is 20.3 Å². The van der Waals surface area contributed by atoms with Crippen LogP contribution in [-0.2, 0) is 35.6 Å². The number of benzene rings is 2. The molecule has 2 aromatic rings. The number of hydrogen-bond donors (Lipinski definition) is 4. The van der Waals surface area contributed by atoms with E-state index in [2.05, 4.69) is 15.4 Å². The summed E-state index contributed by atoms with van der Waals surface area (Å²) in [5.41, 5.74) is 2.37. The molecule has 0 bridgehead atoms. The summed E-state index contributed by atoms with van der Waals surface area (Å²) in [6.07, 6.45) is 1.89. The van der Waals surface area contributed by atoms with Crippen molar-refractivity contribution in [3.63, 3.8) is 0 Å². The quantitative estimate of drug-likeness (QED) is 0.250. The number of aryl methyl sites for hydroxylation is 1. The lowest BCUT2D eigenvalue weighted by molar-refractivity contribution is -0.139. The van der Waals surface area contributed by atoms with Gasteiger partial charge in [0.25, 0.3) is 0 Å². The van der Waals surface area contributed by atoms with Gasteiger partial charge in [0.2, 0.25) is 27.7 Å². The average Bonchev–Trinajstić information content (AvgIpc) is 3.01. The molecule has 242 valence electrons. The number of carboxylic acids is 1. The highest BCUT2D eigenvalue weighted by atomic mass is 32.2. The minimum absolute atomic E-state index is 0.0490. The Balaban J connectivity index is 1.96. The number of methoxy groups -OCH3 is 1. The first-order valence-electron chi connectivity index (χ1n) is 14.5. The molecule has 14 heteroatoms. The van der Waals surface area contributed by atoms with Gasteiger partial charge in [0, 0.05) is 19.5 Å². The zero-order valence-electron chi connectivity index (χ0n) is 25.8. The fourth-order valence-corrected chi connectivity index (χ4v) is 6.99. The van der Waals surface area contributed by atoms with Crippen LogP contribution < -0.4 is 20.1 Å². The molecule has 1 saturated heterocycles. The molecule has 0 spiro atoms. The van der Waals surface area contributed by atoms with Gasteiger partial charge in [-0.05, 0) is 80.5 Å². The summed E-state index contributed by atoms with van der Waals surface area (Å²) in [5, 5.41) is 22.9. The van der Waals surface area contributed by atoms with Crippen molar-refractivity contribution in [2.45, 2.75) is 69.9 Å². The second-order valence-electron chi connectivity index (χ2n) is 11.0. The van der Waals surface area contributed by atoms with Gasteiger partial charge in [-0.2, -0.15) is 9.98 Å². The molecule has 2 aromatic carbocycles. The standard InChI is InChI=1S/C31H39N5O8S/c1-19-14-26(44-4)20(2)21(3)29(19)45(42,43)35-24(16-27(37)33-18-28(38)39)30(40)34-25(31(41)36-12-6-5-7-13-36)15-22-8-10-23(17-32)11-9-22/h8-11,14,24-25,35H,5-7,12-13,15-16,18H2,1-4H3,(H,33,37)(H,34,40)(H,38,39). The number of amides is 3.